The average molecular weight is 388 g/mol. The third-order valence-electron chi connectivity index (χ3n) is 4.96. The van der Waals surface area contributed by atoms with E-state index in [1.54, 1.807) is 43.0 Å². The third-order valence-corrected chi connectivity index (χ3v) is 4.96. The van der Waals surface area contributed by atoms with Crippen LogP contribution in [0.5, 0.6) is 0 Å². The summed E-state index contributed by atoms with van der Waals surface area (Å²) >= 11 is 0. The van der Waals surface area contributed by atoms with Crippen LogP contribution in [0.3, 0.4) is 0 Å². The third kappa shape index (κ3) is 4.40. The molecule has 3 amide bonds. The van der Waals surface area contributed by atoms with E-state index in [9.17, 15) is 19.2 Å². The number of methoxy groups -OCH3 is 1. The number of hydrogen-bond donors (Lipinski definition) is 0. The first-order valence-corrected chi connectivity index (χ1v) is 9.52. The van der Waals surface area contributed by atoms with Crippen LogP contribution in [-0.2, 0) is 14.3 Å². The summed E-state index contributed by atoms with van der Waals surface area (Å²) in [6.07, 6.45) is 0.745. The number of carbonyl (C=O) groups is 4. The lowest BCUT2D eigenvalue weighted by Gasteiger charge is -2.31. The second-order valence-corrected chi connectivity index (χ2v) is 7.59. The van der Waals surface area contributed by atoms with Crippen molar-refractivity contribution in [2.45, 2.75) is 40.2 Å². The average Bonchev–Trinajstić information content (AvgIpc) is 2.93. The SMILES string of the molecule is COC(=O)C(C)CN(CCC(C)C)C(=O)C(C)N1C(=O)c2ccccc2C1=O. The maximum Gasteiger partial charge on any atom is 0.310 e. The summed E-state index contributed by atoms with van der Waals surface area (Å²) in [5.41, 5.74) is 0.618. The van der Waals surface area contributed by atoms with E-state index in [2.05, 4.69) is 0 Å². The molecule has 2 rings (SSSR count). The Morgan fingerprint density at radius 3 is 2.04 bits per heavy atom. The molecule has 1 heterocycles. The van der Waals surface area contributed by atoms with Crippen LogP contribution in [0.25, 0.3) is 0 Å². The van der Waals surface area contributed by atoms with E-state index < -0.39 is 29.7 Å². The van der Waals surface area contributed by atoms with Crippen molar-refractivity contribution in [3.63, 3.8) is 0 Å². The second kappa shape index (κ2) is 8.99. The van der Waals surface area contributed by atoms with E-state index in [4.69, 9.17) is 4.74 Å². The highest BCUT2D eigenvalue weighted by atomic mass is 16.5. The Morgan fingerprint density at radius 2 is 1.57 bits per heavy atom. The molecule has 0 aromatic heterocycles. The number of carbonyl (C=O) groups excluding carboxylic acids is 4. The van der Waals surface area contributed by atoms with Gasteiger partial charge in [-0.1, -0.05) is 32.9 Å². The molecule has 28 heavy (non-hydrogen) atoms. The molecule has 0 radical (unpaired) electrons. The van der Waals surface area contributed by atoms with Gasteiger partial charge in [-0.15, -0.1) is 0 Å². The zero-order chi connectivity index (χ0) is 21.0. The fourth-order valence-corrected chi connectivity index (χ4v) is 3.25. The lowest BCUT2D eigenvalue weighted by molar-refractivity contribution is -0.147. The first-order chi connectivity index (χ1) is 13.2. The predicted octanol–water partition coefficient (Wildman–Crippen LogP) is 2.35. The fourth-order valence-electron chi connectivity index (χ4n) is 3.25. The van der Waals surface area contributed by atoms with Crippen LogP contribution in [0.15, 0.2) is 24.3 Å². The molecule has 0 aliphatic carbocycles. The van der Waals surface area contributed by atoms with Gasteiger partial charge in [-0.25, -0.2) is 0 Å². The number of imide groups is 1. The van der Waals surface area contributed by atoms with Gasteiger partial charge in [0.1, 0.15) is 6.04 Å². The Bertz CT molecular complexity index is 739. The molecule has 1 aliphatic heterocycles. The van der Waals surface area contributed by atoms with Crippen LogP contribution in [0.4, 0.5) is 0 Å². The Morgan fingerprint density at radius 1 is 1.04 bits per heavy atom. The lowest BCUT2D eigenvalue weighted by atomic mass is 10.1. The molecule has 1 aromatic rings. The fraction of sp³-hybridized carbons (Fsp3) is 0.524. The Kier molecular flexibility index (Phi) is 6.94. The Hall–Kier alpha value is -2.70. The van der Waals surface area contributed by atoms with Crippen molar-refractivity contribution in [3.8, 4) is 0 Å². The molecule has 0 fully saturated rings. The molecule has 152 valence electrons. The largest absolute Gasteiger partial charge is 0.469 e. The smallest absolute Gasteiger partial charge is 0.310 e. The molecule has 0 bridgehead atoms. The minimum absolute atomic E-state index is 0.172. The molecule has 7 nitrogen and oxygen atoms in total. The zero-order valence-electron chi connectivity index (χ0n) is 17.1. The van der Waals surface area contributed by atoms with Crippen molar-refractivity contribution in [3.05, 3.63) is 35.4 Å². The Labute approximate surface area is 165 Å². The summed E-state index contributed by atoms with van der Waals surface area (Å²) < 4.78 is 4.76. The minimum Gasteiger partial charge on any atom is -0.469 e. The van der Waals surface area contributed by atoms with Crippen LogP contribution < -0.4 is 0 Å². The summed E-state index contributed by atoms with van der Waals surface area (Å²) in [6.45, 7) is 7.93. The summed E-state index contributed by atoms with van der Waals surface area (Å²) in [5.74, 6) is -1.84. The van der Waals surface area contributed by atoms with Crippen LogP contribution >= 0.6 is 0 Å². The van der Waals surface area contributed by atoms with E-state index in [1.165, 1.54) is 7.11 Å². The van der Waals surface area contributed by atoms with Gasteiger partial charge in [-0.2, -0.15) is 0 Å². The van der Waals surface area contributed by atoms with Gasteiger partial charge in [0.05, 0.1) is 24.2 Å². The standard InChI is InChI=1S/C21H28N2O5/c1-13(2)10-11-22(12-14(3)21(27)28-5)18(24)15(4)23-19(25)16-8-6-7-9-17(16)20(23)26/h6-9,13-15H,10-12H2,1-5H3. The number of amides is 3. The minimum atomic E-state index is -0.954. The van der Waals surface area contributed by atoms with Gasteiger partial charge in [-0.3, -0.25) is 24.1 Å². The normalized spacial score (nSPS) is 15.4. The molecule has 2 atom stereocenters. The van der Waals surface area contributed by atoms with Crippen LogP contribution in [-0.4, -0.2) is 59.7 Å². The highest BCUT2D eigenvalue weighted by Crippen LogP contribution is 2.25. The van der Waals surface area contributed by atoms with Crippen LogP contribution in [0, 0.1) is 11.8 Å². The topological polar surface area (TPSA) is 84.0 Å². The quantitative estimate of drug-likeness (QED) is 0.504. The van der Waals surface area contributed by atoms with Gasteiger partial charge in [0, 0.05) is 13.1 Å². The van der Waals surface area contributed by atoms with Gasteiger partial charge in [0.15, 0.2) is 0 Å². The van der Waals surface area contributed by atoms with Gasteiger partial charge in [-0.05, 0) is 31.4 Å². The van der Waals surface area contributed by atoms with E-state index in [1.807, 2.05) is 13.8 Å². The molecule has 0 saturated heterocycles. The van der Waals surface area contributed by atoms with Crippen molar-refractivity contribution in [1.82, 2.24) is 9.80 Å². The molecule has 7 heteroatoms. The van der Waals surface area contributed by atoms with E-state index in [0.717, 1.165) is 11.3 Å². The highest BCUT2D eigenvalue weighted by molar-refractivity contribution is 6.22. The summed E-state index contributed by atoms with van der Waals surface area (Å²) in [7, 11) is 1.31. The molecule has 1 aromatic carbocycles. The predicted molar refractivity (Wildman–Crippen MR) is 104 cm³/mol. The molecular formula is C21H28N2O5. The lowest BCUT2D eigenvalue weighted by Crippen LogP contribution is -2.51. The van der Waals surface area contributed by atoms with Crippen LogP contribution in [0.2, 0.25) is 0 Å². The summed E-state index contributed by atoms with van der Waals surface area (Å²) in [5, 5.41) is 0. The van der Waals surface area contributed by atoms with Crippen LogP contribution in [0.1, 0.15) is 54.8 Å². The maximum absolute atomic E-state index is 13.2. The van der Waals surface area contributed by atoms with Crippen molar-refractivity contribution >= 4 is 23.7 Å². The molecule has 0 N–H and O–H groups in total. The first-order valence-electron chi connectivity index (χ1n) is 9.52. The van der Waals surface area contributed by atoms with Crippen molar-refractivity contribution < 1.29 is 23.9 Å². The number of benzene rings is 1. The number of fused-ring (bicyclic) bond motifs is 1. The van der Waals surface area contributed by atoms with Gasteiger partial charge >= 0.3 is 5.97 Å². The van der Waals surface area contributed by atoms with Crippen molar-refractivity contribution in [2.75, 3.05) is 20.2 Å². The molecule has 2 unspecified atom stereocenters. The molecular weight excluding hydrogens is 360 g/mol. The Balaban J connectivity index is 2.21. The van der Waals surface area contributed by atoms with E-state index in [0.29, 0.717) is 23.6 Å². The van der Waals surface area contributed by atoms with Gasteiger partial charge in [0.25, 0.3) is 11.8 Å². The monoisotopic (exact) mass is 388 g/mol. The first kappa shape index (κ1) is 21.6. The second-order valence-electron chi connectivity index (χ2n) is 7.59. The molecule has 0 spiro atoms. The van der Waals surface area contributed by atoms with E-state index >= 15 is 0 Å². The van der Waals surface area contributed by atoms with E-state index in [-0.39, 0.29) is 12.5 Å². The zero-order valence-corrected chi connectivity index (χ0v) is 17.1. The number of esters is 1. The van der Waals surface area contributed by atoms with Gasteiger partial charge in [0.2, 0.25) is 5.91 Å². The van der Waals surface area contributed by atoms with Gasteiger partial charge < -0.3 is 9.64 Å². The highest BCUT2D eigenvalue weighted by Gasteiger charge is 2.42. The maximum atomic E-state index is 13.2. The number of nitrogens with zero attached hydrogens (tertiary/aromatic N) is 2. The van der Waals surface area contributed by atoms with Crippen molar-refractivity contribution in [1.29, 1.82) is 0 Å². The molecule has 1 aliphatic rings. The summed E-state index contributed by atoms with van der Waals surface area (Å²) in [6, 6.07) is 5.59. The molecule has 0 saturated carbocycles. The number of ether oxygens (including phenoxy) is 1. The van der Waals surface area contributed by atoms with Crippen molar-refractivity contribution in [2.24, 2.45) is 11.8 Å². The number of rotatable bonds is 8. The number of hydrogen-bond acceptors (Lipinski definition) is 5. The summed E-state index contributed by atoms with van der Waals surface area (Å²) in [4.78, 5) is 52.9.